The van der Waals surface area contributed by atoms with Crippen LogP contribution >= 0.6 is 0 Å². The van der Waals surface area contributed by atoms with E-state index in [0.29, 0.717) is 17.1 Å². The van der Waals surface area contributed by atoms with E-state index in [1.807, 2.05) is 6.92 Å². The van der Waals surface area contributed by atoms with E-state index in [4.69, 9.17) is 4.74 Å². The zero-order chi connectivity index (χ0) is 18.1. The van der Waals surface area contributed by atoms with Gasteiger partial charge in [0.15, 0.2) is 0 Å². The van der Waals surface area contributed by atoms with E-state index in [1.165, 1.54) is 26.0 Å². The minimum absolute atomic E-state index is 0.0425. The van der Waals surface area contributed by atoms with E-state index in [2.05, 4.69) is 0 Å². The third-order valence-corrected chi connectivity index (χ3v) is 3.89. The summed E-state index contributed by atoms with van der Waals surface area (Å²) < 4.78 is 5.83. The highest BCUT2D eigenvalue weighted by Gasteiger charge is 2.26. The fourth-order valence-corrected chi connectivity index (χ4v) is 2.48. The molecule has 0 amide bonds. The number of aliphatic hydroxyl groups excluding tert-OH is 1. The van der Waals surface area contributed by atoms with Crippen molar-refractivity contribution in [2.45, 2.75) is 45.8 Å². The van der Waals surface area contributed by atoms with Gasteiger partial charge >= 0.3 is 0 Å². The number of rotatable bonds is 5. The molecule has 2 aromatic rings. The molecule has 0 saturated carbocycles. The van der Waals surface area contributed by atoms with Crippen LogP contribution in [0.15, 0.2) is 30.3 Å². The normalized spacial score (nSPS) is 12.9. The number of benzene rings is 2. The highest BCUT2D eigenvalue weighted by atomic mass is 16.5. The number of aliphatic hydroxyl groups is 2. The van der Waals surface area contributed by atoms with Crippen molar-refractivity contribution in [2.75, 3.05) is 0 Å². The summed E-state index contributed by atoms with van der Waals surface area (Å²) in [7, 11) is 0. The summed E-state index contributed by atoms with van der Waals surface area (Å²) >= 11 is 0. The van der Waals surface area contributed by atoms with E-state index in [-0.39, 0.29) is 17.9 Å². The molecule has 2 aromatic carbocycles. The third-order valence-electron chi connectivity index (χ3n) is 3.89. The Balaban J connectivity index is 2.41. The van der Waals surface area contributed by atoms with Gasteiger partial charge in [0.1, 0.15) is 23.0 Å². The van der Waals surface area contributed by atoms with Crippen LogP contribution in [0.4, 0.5) is 0 Å². The summed E-state index contributed by atoms with van der Waals surface area (Å²) in [4.78, 5) is 0. The lowest BCUT2D eigenvalue weighted by atomic mass is 9.92. The van der Waals surface area contributed by atoms with Crippen molar-refractivity contribution < 1.29 is 25.2 Å². The molecular weight excluding hydrogens is 308 g/mol. The van der Waals surface area contributed by atoms with Gasteiger partial charge in [-0.15, -0.1) is 0 Å². The SMILES string of the molecule is Cc1cc(O)cc(Oc2cc(O)cc(C)c2C[C@@H](O)C(C)(C)O)c1. The summed E-state index contributed by atoms with van der Waals surface area (Å²) in [6, 6.07) is 7.88. The molecule has 5 heteroatoms. The minimum Gasteiger partial charge on any atom is -0.508 e. The van der Waals surface area contributed by atoms with E-state index in [0.717, 1.165) is 11.1 Å². The van der Waals surface area contributed by atoms with Crippen molar-refractivity contribution in [3.8, 4) is 23.0 Å². The smallest absolute Gasteiger partial charge is 0.134 e. The molecule has 0 bridgehead atoms. The van der Waals surface area contributed by atoms with E-state index in [1.54, 1.807) is 25.1 Å². The van der Waals surface area contributed by atoms with E-state index >= 15 is 0 Å². The number of hydrogen-bond donors (Lipinski definition) is 4. The van der Waals surface area contributed by atoms with Crippen molar-refractivity contribution >= 4 is 0 Å². The monoisotopic (exact) mass is 332 g/mol. The average Bonchev–Trinajstić information content (AvgIpc) is 2.40. The molecule has 0 radical (unpaired) electrons. The van der Waals surface area contributed by atoms with Crippen molar-refractivity contribution in [1.29, 1.82) is 0 Å². The van der Waals surface area contributed by atoms with Crippen LogP contribution in [0.25, 0.3) is 0 Å². The third kappa shape index (κ3) is 4.40. The fourth-order valence-electron chi connectivity index (χ4n) is 2.48. The van der Waals surface area contributed by atoms with Gasteiger partial charge in [-0.1, -0.05) is 0 Å². The Morgan fingerprint density at radius 1 is 1.00 bits per heavy atom. The molecule has 24 heavy (non-hydrogen) atoms. The van der Waals surface area contributed by atoms with Gasteiger partial charge in [0, 0.05) is 24.1 Å². The topological polar surface area (TPSA) is 90.2 Å². The Hall–Kier alpha value is -2.24. The molecule has 2 rings (SSSR count). The lowest BCUT2D eigenvalue weighted by molar-refractivity contribution is -0.0471. The molecule has 0 unspecified atom stereocenters. The van der Waals surface area contributed by atoms with Gasteiger partial charge in [-0.05, 0) is 57.0 Å². The standard InChI is InChI=1S/C19H24O5/c1-11-5-13(20)8-15(6-11)24-17-9-14(21)7-12(2)16(17)10-18(22)19(3,4)23/h5-9,18,20-23H,10H2,1-4H3/t18-/m1/s1. The van der Waals surface area contributed by atoms with E-state index < -0.39 is 11.7 Å². The first kappa shape index (κ1) is 18.1. The van der Waals surface area contributed by atoms with Gasteiger partial charge in [-0.3, -0.25) is 0 Å². The number of aromatic hydroxyl groups is 2. The first-order chi connectivity index (χ1) is 11.1. The van der Waals surface area contributed by atoms with Crippen LogP contribution in [0, 0.1) is 13.8 Å². The highest BCUT2D eigenvalue weighted by Crippen LogP contribution is 2.35. The molecular formula is C19H24O5. The van der Waals surface area contributed by atoms with Gasteiger partial charge in [0.2, 0.25) is 0 Å². The molecule has 0 heterocycles. The van der Waals surface area contributed by atoms with Crippen LogP contribution in [0.2, 0.25) is 0 Å². The quantitative estimate of drug-likeness (QED) is 0.675. The number of aryl methyl sites for hydroxylation is 2. The lowest BCUT2D eigenvalue weighted by Gasteiger charge is -2.26. The summed E-state index contributed by atoms with van der Waals surface area (Å²) in [5, 5.41) is 39.7. The summed E-state index contributed by atoms with van der Waals surface area (Å²) in [6.45, 7) is 6.70. The highest BCUT2D eigenvalue weighted by molar-refractivity contribution is 5.49. The Morgan fingerprint density at radius 2 is 1.62 bits per heavy atom. The Kier molecular flexibility index (Phi) is 5.06. The Labute approximate surface area is 141 Å². The van der Waals surface area contributed by atoms with Crippen molar-refractivity contribution in [3.05, 3.63) is 47.0 Å². The maximum Gasteiger partial charge on any atom is 0.134 e. The van der Waals surface area contributed by atoms with Crippen LogP contribution < -0.4 is 4.74 Å². The number of phenolic OH excluding ortho intramolecular Hbond substituents is 2. The Bertz CT molecular complexity index is 711. The minimum atomic E-state index is -1.26. The number of phenols is 2. The number of ether oxygens (including phenoxy) is 1. The second-order valence-corrected chi connectivity index (χ2v) is 6.72. The van der Waals surface area contributed by atoms with E-state index in [9.17, 15) is 20.4 Å². The molecule has 4 N–H and O–H groups in total. The predicted octanol–water partition coefficient (Wildman–Crippen LogP) is 3.18. The maximum absolute atomic E-state index is 10.2. The zero-order valence-corrected chi connectivity index (χ0v) is 14.4. The van der Waals surface area contributed by atoms with Gasteiger partial charge in [-0.25, -0.2) is 0 Å². The second-order valence-electron chi connectivity index (χ2n) is 6.72. The average molecular weight is 332 g/mol. The largest absolute Gasteiger partial charge is 0.508 e. The maximum atomic E-state index is 10.2. The zero-order valence-electron chi connectivity index (χ0n) is 14.4. The molecule has 0 saturated heterocycles. The predicted molar refractivity (Wildman–Crippen MR) is 91.8 cm³/mol. The van der Waals surface area contributed by atoms with Gasteiger partial charge in [0.05, 0.1) is 11.7 Å². The fraction of sp³-hybridized carbons (Fsp3) is 0.368. The summed E-state index contributed by atoms with van der Waals surface area (Å²) in [5.41, 5.74) is 0.997. The molecule has 0 aliphatic rings. The molecule has 0 fully saturated rings. The molecule has 1 atom stereocenters. The molecule has 0 aliphatic heterocycles. The molecule has 0 spiro atoms. The van der Waals surface area contributed by atoms with Crippen molar-refractivity contribution in [1.82, 2.24) is 0 Å². The van der Waals surface area contributed by atoms with Gasteiger partial charge < -0.3 is 25.2 Å². The summed E-state index contributed by atoms with van der Waals surface area (Å²) in [5.74, 6) is 0.929. The van der Waals surface area contributed by atoms with Crippen LogP contribution in [-0.2, 0) is 6.42 Å². The van der Waals surface area contributed by atoms with Crippen LogP contribution in [0.1, 0.15) is 30.5 Å². The summed E-state index contributed by atoms with van der Waals surface area (Å²) in [6.07, 6.45) is -0.822. The van der Waals surface area contributed by atoms with Gasteiger partial charge in [-0.2, -0.15) is 0 Å². The molecule has 130 valence electrons. The molecule has 5 nitrogen and oxygen atoms in total. The van der Waals surface area contributed by atoms with Crippen molar-refractivity contribution in [3.63, 3.8) is 0 Å². The first-order valence-corrected chi connectivity index (χ1v) is 7.77. The molecule has 0 aromatic heterocycles. The Morgan fingerprint density at radius 3 is 2.21 bits per heavy atom. The lowest BCUT2D eigenvalue weighted by Crippen LogP contribution is -2.37. The first-order valence-electron chi connectivity index (χ1n) is 7.77. The molecule has 0 aliphatic carbocycles. The van der Waals surface area contributed by atoms with Crippen LogP contribution in [0.3, 0.4) is 0 Å². The van der Waals surface area contributed by atoms with Gasteiger partial charge in [0.25, 0.3) is 0 Å². The van der Waals surface area contributed by atoms with Crippen molar-refractivity contribution in [2.24, 2.45) is 0 Å². The van der Waals surface area contributed by atoms with Crippen LogP contribution in [0.5, 0.6) is 23.0 Å². The van der Waals surface area contributed by atoms with Crippen LogP contribution in [-0.4, -0.2) is 32.1 Å². The number of hydrogen-bond acceptors (Lipinski definition) is 5. The second kappa shape index (κ2) is 6.71.